The summed E-state index contributed by atoms with van der Waals surface area (Å²) in [7, 11) is 0. The molecule has 3 aromatic rings. The molecule has 0 saturated heterocycles. The van der Waals surface area contributed by atoms with E-state index in [9.17, 15) is 10.0 Å². The Morgan fingerprint density at radius 1 is 1.04 bits per heavy atom. The van der Waals surface area contributed by atoms with E-state index in [1.165, 1.54) is 0 Å². The summed E-state index contributed by atoms with van der Waals surface area (Å²) >= 11 is 6.13. The molecule has 2 aromatic carbocycles. The largest absolute Gasteiger partial charge is 0.508 e. The van der Waals surface area contributed by atoms with Gasteiger partial charge in [0.25, 0.3) is 0 Å². The van der Waals surface area contributed by atoms with Crippen molar-refractivity contribution in [2.75, 3.05) is 0 Å². The fourth-order valence-electron chi connectivity index (χ4n) is 3.42. The minimum absolute atomic E-state index is 0.0564. The lowest BCUT2D eigenvalue weighted by molar-refractivity contribution is 0.474. The van der Waals surface area contributed by atoms with Gasteiger partial charge in [-0.25, -0.2) is 0 Å². The minimum atomic E-state index is -0.499. The van der Waals surface area contributed by atoms with Crippen LogP contribution in [0.3, 0.4) is 0 Å². The molecule has 138 valence electrons. The van der Waals surface area contributed by atoms with E-state index in [0.717, 1.165) is 27.9 Å². The van der Waals surface area contributed by atoms with Crippen molar-refractivity contribution in [3.8, 4) is 5.75 Å². The van der Waals surface area contributed by atoms with Crippen LogP contribution in [0.15, 0.2) is 66.0 Å². The predicted molar refractivity (Wildman–Crippen MR) is 108 cm³/mol. The second-order valence-corrected chi connectivity index (χ2v) is 7.17. The summed E-state index contributed by atoms with van der Waals surface area (Å²) in [5.74, 6) is 0.152. The van der Waals surface area contributed by atoms with Crippen LogP contribution in [-0.4, -0.2) is 10.1 Å². The molecule has 0 fully saturated rings. The molecule has 0 aliphatic rings. The van der Waals surface area contributed by atoms with Crippen LogP contribution in [0.1, 0.15) is 46.3 Å². The minimum Gasteiger partial charge on any atom is -0.508 e. The summed E-state index contributed by atoms with van der Waals surface area (Å²) in [6, 6.07) is 16.1. The third kappa shape index (κ3) is 4.52. The Kier molecular flexibility index (Phi) is 5.87. The smallest absolute Gasteiger partial charge is 0.118 e. The lowest BCUT2D eigenvalue weighted by Gasteiger charge is -2.23. The van der Waals surface area contributed by atoms with Crippen LogP contribution in [0.4, 0.5) is 0 Å². The first kappa shape index (κ1) is 19.1. The number of benzene rings is 2. The number of phenolic OH excluding ortho intramolecular Hbond substituents is 1. The van der Waals surface area contributed by atoms with Crippen molar-refractivity contribution in [2.24, 2.45) is 5.18 Å². The fourth-order valence-corrected chi connectivity index (χ4v) is 3.64. The molecule has 0 aliphatic carbocycles. The molecular formula is C22H21ClN2O2. The number of nitroso groups, excluding NO2 is 1. The van der Waals surface area contributed by atoms with Gasteiger partial charge in [-0.3, -0.25) is 4.98 Å². The van der Waals surface area contributed by atoms with E-state index in [1.54, 1.807) is 18.3 Å². The first-order valence-corrected chi connectivity index (χ1v) is 9.15. The van der Waals surface area contributed by atoms with Gasteiger partial charge in [0, 0.05) is 22.8 Å². The number of phenols is 1. The Labute approximate surface area is 163 Å². The lowest BCUT2D eigenvalue weighted by atomic mass is 9.82. The zero-order chi connectivity index (χ0) is 19.4. The van der Waals surface area contributed by atoms with E-state index in [4.69, 9.17) is 11.6 Å². The Balaban J connectivity index is 2.03. The van der Waals surface area contributed by atoms with Crippen molar-refractivity contribution in [1.82, 2.24) is 4.98 Å². The molecule has 2 atom stereocenters. The van der Waals surface area contributed by atoms with Crippen molar-refractivity contribution >= 4 is 11.6 Å². The number of hydrogen-bond acceptors (Lipinski definition) is 4. The molecule has 0 spiro atoms. The zero-order valence-electron chi connectivity index (χ0n) is 15.3. The molecule has 3 rings (SSSR count). The van der Waals surface area contributed by atoms with Crippen LogP contribution in [0.5, 0.6) is 5.75 Å². The van der Waals surface area contributed by atoms with Crippen molar-refractivity contribution < 1.29 is 5.11 Å². The van der Waals surface area contributed by atoms with Gasteiger partial charge >= 0.3 is 0 Å². The monoisotopic (exact) mass is 380 g/mol. The summed E-state index contributed by atoms with van der Waals surface area (Å²) in [4.78, 5) is 15.9. The van der Waals surface area contributed by atoms with Crippen molar-refractivity contribution in [3.05, 3.63) is 98.7 Å². The number of halogens is 1. The van der Waals surface area contributed by atoms with Crippen LogP contribution in [0, 0.1) is 18.8 Å². The molecular weight excluding hydrogens is 360 g/mol. The van der Waals surface area contributed by atoms with Gasteiger partial charge in [0.05, 0.1) is 0 Å². The van der Waals surface area contributed by atoms with Crippen molar-refractivity contribution in [2.45, 2.75) is 32.2 Å². The van der Waals surface area contributed by atoms with Crippen LogP contribution in [-0.2, 0) is 0 Å². The maximum atomic E-state index is 11.7. The SMILES string of the molecule is Cc1cc(C(C[C@@H](c2ccc(O)cc2)c2ccc(Cl)cc2C)N=O)ccn1. The molecule has 1 heterocycles. The van der Waals surface area contributed by atoms with Gasteiger partial charge in [-0.15, -0.1) is 0 Å². The summed E-state index contributed by atoms with van der Waals surface area (Å²) in [6.45, 7) is 3.90. The Bertz CT molecular complexity index is 941. The molecule has 0 bridgehead atoms. The molecule has 5 heteroatoms. The zero-order valence-corrected chi connectivity index (χ0v) is 16.0. The predicted octanol–water partition coefficient (Wildman–Crippen LogP) is 6.09. The van der Waals surface area contributed by atoms with E-state index >= 15 is 0 Å². The summed E-state index contributed by atoms with van der Waals surface area (Å²) in [5, 5.41) is 13.7. The Hall–Kier alpha value is -2.72. The van der Waals surface area contributed by atoms with E-state index in [2.05, 4.69) is 10.2 Å². The highest BCUT2D eigenvalue weighted by Gasteiger charge is 2.23. The molecule has 0 amide bonds. The van der Waals surface area contributed by atoms with Crippen molar-refractivity contribution in [1.29, 1.82) is 0 Å². The van der Waals surface area contributed by atoms with Gasteiger partial charge in [-0.2, -0.15) is 4.91 Å². The second kappa shape index (κ2) is 8.31. The molecule has 0 radical (unpaired) electrons. The van der Waals surface area contributed by atoms with Gasteiger partial charge in [0.15, 0.2) is 0 Å². The highest BCUT2D eigenvalue weighted by molar-refractivity contribution is 6.30. The molecule has 27 heavy (non-hydrogen) atoms. The summed E-state index contributed by atoms with van der Waals surface area (Å²) < 4.78 is 0. The second-order valence-electron chi connectivity index (χ2n) is 6.73. The fraction of sp³-hybridized carbons (Fsp3) is 0.227. The van der Waals surface area contributed by atoms with Gasteiger partial charge in [0.1, 0.15) is 11.8 Å². The number of pyridine rings is 1. The maximum Gasteiger partial charge on any atom is 0.118 e. The van der Waals surface area contributed by atoms with E-state index in [1.807, 2.05) is 56.3 Å². The Morgan fingerprint density at radius 3 is 2.41 bits per heavy atom. The van der Waals surface area contributed by atoms with Crippen LogP contribution in [0.2, 0.25) is 5.02 Å². The molecule has 1 N–H and O–H groups in total. The standard InChI is InChI=1S/C22H21ClN2O2/c1-14-11-18(23)5-8-20(14)21(16-3-6-19(26)7-4-16)13-22(25-27)17-9-10-24-15(2)12-17/h3-12,21-22,26H,13H2,1-2H3/t21-,22?/m0/s1. The number of hydrogen-bond donors (Lipinski definition) is 1. The Morgan fingerprint density at radius 2 is 1.78 bits per heavy atom. The molecule has 0 saturated carbocycles. The molecule has 4 nitrogen and oxygen atoms in total. The van der Waals surface area contributed by atoms with E-state index in [-0.39, 0.29) is 11.7 Å². The van der Waals surface area contributed by atoms with E-state index < -0.39 is 6.04 Å². The normalized spacial score (nSPS) is 13.1. The molecule has 1 aromatic heterocycles. The number of aromatic nitrogens is 1. The number of nitrogens with zero attached hydrogens (tertiary/aromatic N) is 2. The average Bonchev–Trinajstić information content (AvgIpc) is 2.64. The molecule has 0 aliphatic heterocycles. The van der Waals surface area contributed by atoms with Gasteiger partial charge < -0.3 is 5.11 Å². The quantitative estimate of drug-likeness (QED) is 0.526. The van der Waals surface area contributed by atoms with Crippen LogP contribution >= 0.6 is 11.6 Å². The van der Waals surface area contributed by atoms with E-state index in [0.29, 0.717) is 11.4 Å². The number of aromatic hydroxyl groups is 1. The number of rotatable bonds is 6. The number of aryl methyl sites for hydroxylation is 2. The maximum absolute atomic E-state index is 11.7. The third-order valence-corrected chi connectivity index (χ3v) is 5.03. The van der Waals surface area contributed by atoms with Gasteiger partial charge in [-0.05, 0) is 78.9 Å². The average molecular weight is 381 g/mol. The van der Waals surface area contributed by atoms with Gasteiger partial charge in [0.2, 0.25) is 0 Å². The summed E-state index contributed by atoms with van der Waals surface area (Å²) in [6.07, 6.45) is 2.21. The molecule has 1 unspecified atom stereocenters. The third-order valence-electron chi connectivity index (χ3n) is 4.79. The van der Waals surface area contributed by atoms with Gasteiger partial charge in [-0.1, -0.05) is 35.0 Å². The van der Waals surface area contributed by atoms with Crippen LogP contribution in [0.25, 0.3) is 0 Å². The van der Waals surface area contributed by atoms with Crippen LogP contribution < -0.4 is 0 Å². The topological polar surface area (TPSA) is 62.6 Å². The first-order chi connectivity index (χ1) is 13.0. The van der Waals surface area contributed by atoms with Crippen molar-refractivity contribution in [3.63, 3.8) is 0 Å². The highest BCUT2D eigenvalue weighted by Crippen LogP contribution is 2.38. The highest BCUT2D eigenvalue weighted by atomic mass is 35.5. The summed E-state index contributed by atoms with van der Waals surface area (Å²) in [5.41, 5.74) is 4.86. The first-order valence-electron chi connectivity index (χ1n) is 8.78. The lowest BCUT2D eigenvalue weighted by Crippen LogP contribution is -2.09.